The molecule has 2 heteroatoms. The van der Waals surface area contributed by atoms with Gasteiger partial charge in [-0.15, -0.1) is 0 Å². The van der Waals surface area contributed by atoms with Crippen LogP contribution in [0.25, 0.3) is 0 Å². The quantitative estimate of drug-likeness (QED) is 0.562. The van der Waals surface area contributed by atoms with Crippen molar-refractivity contribution in [3.8, 4) is 0 Å². The molecule has 0 aromatic carbocycles. The van der Waals surface area contributed by atoms with E-state index >= 15 is 0 Å². The Morgan fingerprint density at radius 3 is 1.78 bits per heavy atom. The summed E-state index contributed by atoms with van der Waals surface area (Å²) < 4.78 is 0. The van der Waals surface area contributed by atoms with Crippen molar-refractivity contribution in [1.82, 2.24) is 5.32 Å². The van der Waals surface area contributed by atoms with E-state index in [1.54, 1.807) is 0 Å². The van der Waals surface area contributed by atoms with Gasteiger partial charge in [0.2, 0.25) is 0 Å². The highest BCUT2D eigenvalue weighted by atomic mass is 14.7. The second kappa shape index (κ2) is 15.7. The van der Waals surface area contributed by atoms with E-state index in [9.17, 15) is 0 Å². The van der Waals surface area contributed by atoms with Crippen LogP contribution in [0.1, 0.15) is 26.2 Å². The van der Waals surface area contributed by atoms with E-state index in [4.69, 9.17) is 5.73 Å². The molecule has 0 aromatic heterocycles. The number of hydrogen-bond acceptors (Lipinski definition) is 2. The molecule has 58 valence electrons. The third-order valence-electron chi connectivity index (χ3n) is 0.808. The standard InChI is InChI=1S/C5H13N.C2H7N/c1-2-3-4-5-6;1-3-2/h2-6H2,1H3;3H,1-2H3. The average Bonchev–Trinajstić information content (AvgIpc) is 1.86. The van der Waals surface area contributed by atoms with Crippen molar-refractivity contribution in [2.75, 3.05) is 20.6 Å². The van der Waals surface area contributed by atoms with Crippen molar-refractivity contribution in [3.05, 3.63) is 0 Å². The molecule has 0 bridgehead atoms. The fraction of sp³-hybridized carbons (Fsp3) is 1.00. The number of rotatable bonds is 3. The predicted molar refractivity (Wildman–Crippen MR) is 43.6 cm³/mol. The van der Waals surface area contributed by atoms with Gasteiger partial charge in [-0.3, -0.25) is 0 Å². The molecular weight excluding hydrogens is 112 g/mol. The van der Waals surface area contributed by atoms with Gasteiger partial charge in [0, 0.05) is 0 Å². The summed E-state index contributed by atoms with van der Waals surface area (Å²) in [4.78, 5) is 0. The lowest BCUT2D eigenvalue weighted by Gasteiger charge is -1.86. The van der Waals surface area contributed by atoms with E-state index in [2.05, 4.69) is 12.2 Å². The van der Waals surface area contributed by atoms with Gasteiger partial charge in [-0.25, -0.2) is 0 Å². The summed E-state index contributed by atoms with van der Waals surface area (Å²) in [5.41, 5.74) is 5.21. The fourth-order valence-electron chi connectivity index (χ4n) is 0.394. The summed E-state index contributed by atoms with van der Waals surface area (Å²) in [5, 5.41) is 2.75. The Labute approximate surface area is 58.8 Å². The van der Waals surface area contributed by atoms with Crippen LogP contribution in [-0.2, 0) is 0 Å². The molecule has 0 heterocycles. The van der Waals surface area contributed by atoms with Gasteiger partial charge in [0.15, 0.2) is 0 Å². The van der Waals surface area contributed by atoms with Crippen molar-refractivity contribution in [2.24, 2.45) is 5.73 Å². The Morgan fingerprint density at radius 2 is 1.67 bits per heavy atom. The molecule has 0 atom stereocenters. The summed E-state index contributed by atoms with van der Waals surface area (Å²) in [6.07, 6.45) is 3.75. The average molecular weight is 132 g/mol. The normalized spacial score (nSPS) is 8.00. The summed E-state index contributed by atoms with van der Waals surface area (Å²) in [6.45, 7) is 3.03. The molecule has 0 radical (unpaired) electrons. The van der Waals surface area contributed by atoms with Gasteiger partial charge in [-0.2, -0.15) is 0 Å². The molecule has 3 N–H and O–H groups in total. The molecule has 0 fully saturated rings. The summed E-state index contributed by atoms with van der Waals surface area (Å²) >= 11 is 0. The van der Waals surface area contributed by atoms with Gasteiger partial charge in [0.1, 0.15) is 0 Å². The van der Waals surface area contributed by atoms with Gasteiger partial charge in [0.05, 0.1) is 0 Å². The van der Waals surface area contributed by atoms with Gasteiger partial charge in [-0.1, -0.05) is 19.8 Å². The molecular formula is C7H20N2. The molecule has 0 amide bonds. The highest BCUT2D eigenvalue weighted by Gasteiger charge is 1.75. The molecule has 0 saturated carbocycles. The largest absolute Gasteiger partial charge is 0.330 e. The second-order valence-electron chi connectivity index (χ2n) is 2.00. The zero-order valence-corrected chi connectivity index (χ0v) is 6.91. The third-order valence-corrected chi connectivity index (χ3v) is 0.808. The maximum atomic E-state index is 5.21. The number of nitrogens with two attached hydrogens (primary N) is 1. The predicted octanol–water partition coefficient (Wildman–Crippen LogP) is 0.971. The number of nitrogens with one attached hydrogen (secondary N) is 1. The monoisotopic (exact) mass is 132 g/mol. The summed E-state index contributed by atoms with van der Waals surface area (Å²) in [7, 11) is 3.75. The van der Waals surface area contributed by atoms with Crippen LogP contribution in [0.5, 0.6) is 0 Å². The lowest BCUT2D eigenvalue weighted by atomic mass is 10.3. The first-order valence-electron chi connectivity index (χ1n) is 3.62. The zero-order valence-electron chi connectivity index (χ0n) is 6.91. The summed E-state index contributed by atoms with van der Waals surface area (Å²) in [5.74, 6) is 0. The maximum Gasteiger partial charge on any atom is -0.00773 e. The minimum Gasteiger partial charge on any atom is -0.330 e. The Morgan fingerprint density at radius 1 is 1.22 bits per heavy atom. The van der Waals surface area contributed by atoms with Crippen LogP contribution in [-0.4, -0.2) is 20.6 Å². The Hall–Kier alpha value is -0.0800. The van der Waals surface area contributed by atoms with Gasteiger partial charge in [0.25, 0.3) is 0 Å². The van der Waals surface area contributed by atoms with Crippen LogP contribution in [0, 0.1) is 0 Å². The van der Waals surface area contributed by atoms with E-state index in [1.807, 2.05) is 14.1 Å². The van der Waals surface area contributed by atoms with E-state index in [1.165, 1.54) is 19.3 Å². The molecule has 9 heavy (non-hydrogen) atoms. The lowest BCUT2D eigenvalue weighted by molar-refractivity contribution is 0.727. The van der Waals surface area contributed by atoms with E-state index in [-0.39, 0.29) is 0 Å². The topological polar surface area (TPSA) is 38.0 Å². The molecule has 0 aliphatic carbocycles. The molecule has 0 spiro atoms. The van der Waals surface area contributed by atoms with Crippen molar-refractivity contribution >= 4 is 0 Å². The highest BCUT2D eigenvalue weighted by Crippen LogP contribution is 1.88. The van der Waals surface area contributed by atoms with Gasteiger partial charge in [-0.05, 0) is 27.1 Å². The van der Waals surface area contributed by atoms with E-state index in [0.717, 1.165) is 6.54 Å². The van der Waals surface area contributed by atoms with Crippen LogP contribution >= 0.6 is 0 Å². The minimum atomic E-state index is 0.855. The minimum absolute atomic E-state index is 0.855. The molecule has 0 rings (SSSR count). The number of hydrogen-bond donors (Lipinski definition) is 2. The van der Waals surface area contributed by atoms with Crippen LogP contribution in [0.3, 0.4) is 0 Å². The van der Waals surface area contributed by atoms with Crippen molar-refractivity contribution < 1.29 is 0 Å². The zero-order chi connectivity index (χ0) is 7.54. The Balaban J connectivity index is 0. The molecule has 0 aromatic rings. The SMILES string of the molecule is CCCCCN.CNC. The molecule has 0 aliphatic heterocycles. The Bertz CT molecular complexity index is 26.1. The van der Waals surface area contributed by atoms with Crippen LogP contribution in [0.2, 0.25) is 0 Å². The van der Waals surface area contributed by atoms with Crippen molar-refractivity contribution in [3.63, 3.8) is 0 Å². The first kappa shape index (κ1) is 11.7. The summed E-state index contributed by atoms with van der Waals surface area (Å²) in [6, 6.07) is 0. The smallest absolute Gasteiger partial charge is 0.00773 e. The molecule has 2 nitrogen and oxygen atoms in total. The second-order valence-corrected chi connectivity index (χ2v) is 2.00. The third kappa shape index (κ3) is 32.6. The molecule has 0 aliphatic rings. The van der Waals surface area contributed by atoms with Crippen LogP contribution < -0.4 is 11.1 Å². The van der Waals surface area contributed by atoms with Crippen molar-refractivity contribution in [2.45, 2.75) is 26.2 Å². The first-order chi connectivity index (χ1) is 4.33. The maximum absolute atomic E-state index is 5.21. The molecule has 0 unspecified atom stereocenters. The lowest BCUT2D eigenvalue weighted by Crippen LogP contribution is -1.96. The van der Waals surface area contributed by atoms with Crippen LogP contribution in [0.4, 0.5) is 0 Å². The highest BCUT2D eigenvalue weighted by molar-refractivity contribution is 4.34. The van der Waals surface area contributed by atoms with E-state index in [0.29, 0.717) is 0 Å². The Kier molecular flexibility index (Phi) is 20.3. The van der Waals surface area contributed by atoms with Gasteiger partial charge >= 0.3 is 0 Å². The van der Waals surface area contributed by atoms with Crippen molar-refractivity contribution in [1.29, 1.82) is 0 Å². The van der Waals surface area contributed by atoms with Crippen LogP contribution in [0.15, 0.2) is 0 Å². The first-order valence-corrected chi connectivity index (χ1v) is 3.62. The van der Waals surface area contributed by atoms with E-state index < -0.39 is 0 Å². The van der Waals surface area contributed by atoms with Gasteiger partial charge < -0.3 is 11.1 Å². The fourth-order valence-corrected chi connectivity index (χ4v) is 0.394. The number of unbranched alkanes of at least 4 members (excludes halogenated alkanes) is 2. The molecule has 0 saturated heterocycles.